The molecule has 2 bridgehead atoms. The van der Waals surface area contributed by atoms with Crippen molar-refractivity contribution in [2.75, 3.05) is 82.6 Å². The first-order chi connectivity index (χ1) is 49.5. The molecule has 12 amide bonds. The van der Waals surface area contributed by atoms with Gasteiger partial charge in [0.1, 0.15) is 78.2 Å². The number of hydrogen-bond acceptors (Lipinski definition) is 12. The Kier molecular flexibility index (Phi) is 28.5. The molecular weight excluding hydrogens is 1370 g/mol. The molecule has 7 fully saturated rings. The van der Waals surface area contributed by atoms with Crippen molar-refractivity contribution < 1.29 is 79.5 Å². The van der Waals surface area contributed by atoms with Crippen molar-refractivity contribution in [3.63, 3.8) is 0 Å². The van der Waals surface area contributed by atoms with E-state index in [1.807, 2.05) is 19.9 Å². The van der Waals surface area contributed by atoms with Crippen LogP contribution in [0.4, 0.5) is 22.0 Å². The van der Waals surface area contributed by atoms with Gasteiger partial charge in [-0.3, -0.25) is 57.5 Å². The maximum atomic E-state index is 15.9. The maximum absolute atomic E-state index is 15.9. The Bertz CT molecular complexity index is 3170. The first kappa shape index (κ1) is 83.7. The molecule has 13 atom stereocenters. The molecule has 2 unspecified atom stereocenters. The summed E-state index contributed by atoms with van der Waals surface area (Å²) < 4.78 is 72.9. The second-order valence-corrected chi connectivity index (χ2v) is 32.5. The van der Waals surface area contributed by atoms with Gasteiger partial charge < -0.3 is 59.6 Å². The second kappa shape index (κ2) is 35.8. The van der Waals surface area contributed by atoms with E-state index in [-0.39, 0.29) is 89.3 Å². The number of alkyl halides is 5. The summed E-state index contributed by atoms with van der Waals surface area (Å²) in [5, 5.41) is 5.71. The summed E-state index contributed by atoms with van der Waals surface area (Å²) in [6.07, 6.45) is -0.515. The average molecular weight is 1490 g/mol. The lowest BCUT2D eigenvalue weighted by Crippen LogP contribution is -2.65. The fourth-order valence-corrected chi connectivity index (χ4v) is 18.4. The number of carbonyl (C=O) groups excluding carboxylic acids is 12. The SMILES string of the molecule is CC[C@H](C)[C@@H]1NC(=O)[C@H](CC)N(C)C(=O)C[C@@H](C(=O)N(C)C)N(C)C(=O)[C@H](C2CCCC2)N(C)C(=O)C2(CCCC2)N(C)C(=O)[C@@H]2C[C@@H](C)CN2C(=O)[C@H](CCC2CC(F)C(C(F)(F)F)C(F)C2)NC(=O)CN(C)C(=O)[C@H](CC2CCC(C)CC2)N2CC/C=C\C[C@@H](C2=O)N(C)C(=O)[C@@H]2CCCN2C1=O. The topological polar surface area (TPSA) is 261 Å². The third-order valence-corrected chi connectivity index (χ3v) is 25.1. The van der Waals surface area contributed by atoms with E-state index in [1.165, 1.54) is 100 Å². The van der Waals surface area contributed by atoms with Crippen LogP contribution in [0.3, 0.4) is 0 Å². The molecule has 4 aliphatic carbocycles. The fraction of sp³-hybridized carbons (Fsp3) is 0.816. The molecule has 4 saturated carbocycles. The molecule has 4 aliphatic heterocycles. The van der Waals surface area contributed by atoms with Gasteiger partial charge in [0, 0.05) is 76.0 Å². The van der Waals surface area contributed by atoms with Gasteiger partial charge in [-0.1, -0.05) is 105 Å². The van der Waals surface area contributed by atoms with Gasteiger partial charge in [-0.15, -0.1) is 0 Å². The zero-order valence-corrected chi connectivity index (χ0v) is 64.3. The van der Waals surface area contributed by atoms with E-state index in [4.69, 9.17) is 0 Å². The molecule has 1 spiro atoms. The van der Waals surface area contributed by atoms with Crippen LogP contribution in [0.1, 0.15) is 195 Å². The number of rotatable bonds is 10. The van der Waals surface area contributed by atoms with Gasteiger partial charge in [0.05, 0.1) is 13.0 Å². The van der Waals surface area contributed by atoms with Gasteiger partial charge in [-0.25, -0.2) is 8.78 Å². The van der Waals surface area contributed by atoms with Crippen LogP contribution in [0.15, 0.2) is 12.2 Å². The third kappa shape index (κ3) is 18.8. The van der Waals surface area contributed by atoms with Crippen molar-refractivity contribution in [2.24, 2.45) is 41.4 Å². The van der Waals surface area contributed by atoms with Crippen molar-refractivity contribution >= 4 is 70.9 Å². The molecule has 590 valence electrons. The summed E-state index contributed by atoms with van der Waals surface area (Å²) in [6.45, 7) is 8.73. The van der Waals surface area contributed by atoms with Crippen molar-refractivity contribution in [1.29, 1.82) is 0 Å². The Balaban J connectivity index is 1.21. The van der Waals surface area contributed by atoms with Crippen LogP contribution in [0.5, 0.6) is 0 Å². The number of hydrogen-bond donors (Lipinski definition) is 2. The quantitative estimate of drug-likeness (QED) is 0.172. The summed E-state index contributed by atoms with van der Waals surface area (Å²) in [5.41, 5.74) is -1.58. The number of likely N-dealkylation sites (N-methyl/N-ethyl adjacent to an activating group) is 7. The van der Waals surface area contributed by atoms with E-state index in [1.54, 1.807) is 19.9 Å². The van der Waals surface area contributed by atoms with E-state index in [2.05, 4.69) is 17.6 Å². The van der Waals surface area contributed by atoms with E-state index >= 15 is 47.1 Å². The minimum absolute atomic E-state index is 0.0346. The Morgan fingerprint density at radius 3 is 1.86 bits per heavy atom. The molecule has 0 radical (unpaired) electrons. The van der Waals surface area contributed by atoms with Crippen molar-refractivity contribution in [2.45, 2.75) is 274 Å². The number of amides is 12. The van der Waals surface area contributed by atoms with Crippen LogP contribution < -0.4 is 10.6 Å². The van der Waals surface area contributed by atoms with Crippen LogP contribution in [0.25, 0.3) is 0 Å². The molecule has 3 saturated heterocycles. The van der Waals surface area contributed by atoms with Gasteiger partial charge in [-0.05, 0) is 132 Å². The van der Waals surface area contributed by atoms with Crippen molar-refractivity contribution in [3.05, 3.63) is 12.2 Å². The van der Waals surface area contributed by atoms with Crippen LogP contribution in [-0.2, 0) is 57.5 Å². The Morgan fingerprint density at radius 2 is 1.26 bits per heavy atom. The molecule has 105 heavy (non-hydrogen) atoms. The summed E-state index contributed by atoms with van der Waals surface area (Å²) >= 11 is 0. The van der Waals surface area contributed by atoms with Crippen LogP contribution >= 0.6 is 0 Å². The zero-order chi connectivity index (χ0) is 77.4. The maximum Gasteiger partial charge on any atom is 0.397 e. The predicted molar refractivity (Wildman–Crippen MR) is 382 cm³/mol. The summed E-state index contributed by atoms with van der Waals surface area (Å²) in [6, 6.07) is -11.3. The molecule has 0 aromatic rings. The van der Waals surface area contributed by atoms with Crippen molar-refractivity contribution in [3.8, 4) is 0 Å². The van der Waals surface area contributed by atoms with Gasteiger partial charge in [0.25, 0.3) is 0 Å². The molecular formula is C76H119F5N12O12. The lowest BCUT2D eigenvalue weighted by Gasteiger charge is -2.45. The normalized spacial score (nSPS) is 33.8. The molecule has 2 N–H and O–H groups in total. The average Bonchev–Trinajstić information content (AvgIpc) is 1.69. The number of fused-ring (bicyclic) bond motifs is 4. The molecule has 4 heterocycles. The minimum Gasteiger partial charge on any atom is -0.347 e. The highest BCUT2D eigenvalue weighted by molar-refractivity contribution is 6.01. The number of nitrogens with zero attached hydrogens (tertiary/aromatic N) is 10. The largest absolute Gasteiger partial charge is 0.397 e. The molecule has 8 aliphatic rings. The van der Waals surface area contributed by atoms with Gasteiger partial charge in [-0.2, -0.15) is 13.2 Å². The van der Waals surface area contributed by atoms with E-state index in [0.717, 1.165) is 43.4 Å². The molecule has 29 heteroatoms. The molecule has 0 aromatic heterocycles. The highest BCUT2D eigenvalue weighted by atomic mass is 19.4. The number of halogens is 5. The van der Waals surface area contributed by atoms with Crippen LogP contribution in [-0.4, -0.2) is 281 Å². The molecule has 0 aromatic carbocycles. The summed E-state index contributed by atoms with van der Waals surface area (Å²) in [4.78, 5) is 196. The summed E-state index contributed by atoms with van der Waals surface area (Å²) in [7, 11) is 11.6. The highest BCUT2D eigenvalue weighted by Gasteiger charge is 2.57. The Labute approximate surface area is 617 Å². The van der Waals surface area contributed by atoms with E-state index in [9.17, 15) is 32.3 Å². The van der Waals surface area contributed by atoms with Crippen LogP contribution in [0, 0.1) is 41.4 Å². The molecule has 24 nitrogen and oxygen atoms in total. The number of nitrogens with one attached hydrogen (secondary N) is 2. The minimum atomic E-state index is -5.16. The predicted octanol–water partition coefficient (Wildman–Crippen LogP) is 6.67. The van der Waals surface area contributed by atoms with E-state index in [0.29, 0.717) is 50.9 Å². The Hall–Kier alpha value is -6.97. The standard InChI is InChI=1S/C76H119F5N12O12/c1-14-47(5)63-72(103)91-37-23-27-56(91)69(100)87(10)55-26-17-16-22-36-92(71(55)102)59(41-48-30-28-45(3)29-31-48)68(99)85(8)44-60(94)82-53(33-32-49-39-51(77)62(52(78)40-49)76(79,80)81)66(97)93-43-46(4)38-58(93)70(101)90(13)75(34-20-21-35-75)74(105)89(12)64(50-24-18-19-25-50)73(104)88(11)57(67(98)84(6)7)42-61(95)86(9)54(15-2)65(96)83-63/h16-17,45-59,62-64H,14-15,18-44H2,1-13H3,(H,82,94)(H,83,96)/b17-16-/t45?,46-,47+,48?,49?,51?,52?,53+,54+,55+,56+,57+,58+,59+,62?,63+,64+/m1/s1. The lowest BCUT2D eigenvalue weighted by molar-refractivity contribution is -0.219. The third-order valence-electron chi connectivity index (χ3n) is 25.1. The van der Waals surface area contributed by atoms with Crippen LogP contribution in [0.2, 0.25) is 0 Å². The second-order valence-electron chi connectivity index (χ2n) is 32.5. The fourth-order valence-electron chi connectivity index (χ4n) is 18.4. The van der Waals surface area contributed by atoms with E-state index < -0.39 is 199 Å². The smallest absolute Gasteiger partial charge is 0.347 e. The van der Waals surface area contributed by atoms with Crippen molar-refractivity contribution in [1.82, 2.24) is 59.6 Å². The first-order valence-corrected chi connectivity index (χ1v) is 38.8. The monoisotopic (exact) mass is 1490 g/mol. The first-order valence-electron chi connectivity index (χ1n) is 38.8. The summed E-state index contributed by atoms with van der Waals surface area (Å²) in [5.74, 6) is -12.6. The Morgan fingerprint density at radius 1 is 0.619 bits per heavy atom. The highest BCUT2D eigenvalue weighted by Crippen LogP contribution is 2.46. The number of carbonyl (C=O) groups is 12. The van der Waals surface area contributed by atoms with Gasteiger partial charge in [0.2, 0.25) is 70.9 Å². The van der Waals surface area contributed by atoms with Gasteiger partial charge in [0.15, 0.2) is 0 Å². The lowest BCUT2D eigenvalue weighted by atomic mass is 9.76. The molecule has 8 rings (SSSR count). The van der Waals surface area contributed by atoms with Gasteiger partial charge >= 0.3 is 6.18 Å². The zero-order valence-electron chi connectivity index (χ0n) is 64.3.